The van der Waals surface area contributed by atoms with Gasteiger partial charge in [-0.3, -0.25) is 4.79 Å². The standard InChI is InChI=1S/C23H27N5O/c1-27(2)11-10-24-23(29)21-12-19(16-28(21)15-17-8-9-17)20-13-25-22(26-14-20)18-6-4-3-5-7-18/h3-7,12-14,16-17H,8-11,15H2,1-2H3,(H,24,29). The second-order valence-corrected chi connectivity index (χ2v) is 7.93. The summed E-state index contributed by atoms with van der Waals surface area (Å²) in [5.41, 5.74) is 3.59. The van der Waals surface area contributed by atoms with Crippen molar-refractivity contribution in [2.75, 3.05) is 27.2 Å². The van der Waals surface area contributed by atoms with Crippen LogP contribution in [0.1, 0.15) is 23.3 Å². The van der Waals surface area contributed by atoms with E-state index in [1.807, 2.05) is 62.9 Å². The van der Waals surface area contributed by atoms with Crippen molar-refractivity contribution in [1.82, 2.24) is 24.8 Å². The van der Waals surface area contributed by atoms with Gasteiger partial charge in [-0.05, 0) is 38.9 Å². The van der Waals surface area contributed by atoms with E-state index in [-0.39, 0.29) is 5.91 Å². The van der Waals surface area contributed by atoms with Gasteiger partial charge in [0.15, 0.2) is 5.82 Å². The Morgan fingerprint density at radius 1 is 1.10 bits per heavy atom. The van der Waals surface area contributed by atoms with Crippen molar-refractivity contribution in [3.8, 4) is 22.5 Å². The van der Waals surface area contributed by atoms with E-state index in [1.165, 1.54) is 12.8 Å². The third-order valence-electron chi connectivity index (χ3n) is 5.14. The fraction of sp³-hybridized carbons (Fsp3) is 0.348. The first-order valence-corrected chi connectivity index (χ1v) is 10.1. The summed E-state index contributed by atoms with van der Waals surface area (Å²) in [4.78, 5) is 23.9. The largest absolute Gasteiger partial charge is 0.349 e. The molecule has 0 atom stereocenters. The average molecular weight is 390 g/mol. The molecule has 0 bridgehead atoms. The van der Waals surface area contributed by atoms with Gasteiger partial charge in [0.25, 0.3) is 5.91 Å². The zero-order valence-corrected chi connectivity index (χ0v) is 17.0. The van der Waals surface area contributed by atoms with Gasteiger partial charge in [0, 0.05) is 54.9 Å². The molecule has 0 unspecified atom stereocenters. The summed E-state index contributed by atoms with van der Waals surface area (Å²) in [5, 5.41) is 3.03. The van der Waals surface area contributed by atoms with Crippen LogP contribution in [-0.2, 0) is 6.54 Å². The second-order valence-electron chi connectivity index (χ2n) is 7.93. The molecule has 0 radical (unpaired) electrons. The minimum Gasteiger partial charge on any atom is -0.349 e. The molecule has 1 aromatic carbocycles. The van der Waals surface area contributed by atoms with Crippen molar-refractivity contribution in [1.29, 1.82) is 0 Å². The summed E-state index contributed by atoms with van der Waals surface area (Å²) in [5.74, 6) is 1.36. The zero-order valence-electron chi connectivity index (χ0n) is 17.0. The number of nitrogens with one attached hydrogen (secondary N) is 1. The molecule has 4 rings (SSSR count). The molecule has 150 valence electrons. The fourth-order valence-corrected chi connectivity index (χ4v) is 3.29. The van der Waals surface area contributed by atoms with Gasteiger partial charge in [0.2, 0.25) is 0 Å². The average Bonchev–Trinajstić information content (AvgIpc) is 3.45. The number of carbonyl (C=O) groups is 1. The Balaban J connectivity index is 1.55. The number of nitrogens with zero attached hydrogens (tertiary/aromatic N) is 4. The summed E-state index contributed by atoms with van der Waals surface area (Å²) in [6, 6.07) is 11.9. The maximum atomic E-state index is 12.8. The van der Waals surface area contributed by atoms with E-state index in [0.29, 0.717) is 24.0 Å². The molecule has 1 saturated carbocycles. The maximum absolute atomic E-state index is 12.8. The Hall–Kier alpha value is -2.99. The minimum absolute atomic E-state index is 0.0272. The summed E-state index contributed by atoms with van der Waals surface area (Å²) in [6.45, 7) is 2.33. The van der Waals surface area contributed by atoms with Crippen LogP contribution in [0.25, 0.3) is 22.5 Å². The van der Waals surface area contributed by atoms with Crippen LogP contribution in [0.4, 0.5) is 0 Å². The predicted molar refractivity (Wildman–Crippen MR) is 115 cm³/mol. The molecule has 6 nitrogen and oxygen atoms in total. The van der Waals surface area contributed by atoms with Crippen molar-refractivity contribution >= 4 is 5.91 Å². The molecule has 2 heterocycles. The van der Waals surface area contributed by atoms with Crippen LogP contribution < -0.4 is 5.32 Å². The summed E-state index contributed by atoms with van der Waals surface area (Å²) in [6.07, 6.45) is 8.20. The molecule has 2 aromatic heterocycles. The minimum atomic E-state index is -0.0272. The van der Waals surface area contributed by atoms with Crippen LogP contribution in [0.15, 0.2) is 55.0 Å². The fourth-order valence-electron chi connectivity index (χ4n) is 3.29. The molecule has 6 heteroatoms. The van der Waals surface area contributed by atoms with Crippen molar-refractivity contribution in [3.63, 3.8) is 0 Å². The number of amides is 1. The molecule has 3 aromatic rings. The van der Waals surface area contributed by atoms with E-state index in [4.69, 9.17) is 0 Å². The molecule has 1 N–H and O–H groups in total. The lowest BCUT2D eigenvalue weighted by Gasteiger charge is -2.12. The normalized spacial score (nSPS) is 13.6. The monoisotopic (exact) mass is 389 g/mol. The Bertz CT molecular complexity index is 959. The lowest BCUT2D eigenvalue weighted by molar-refractivity contribution is 0.0941. The third kappa shape index (κ3) is 4.90. The van der Waals surface area contributed by atoms with Crippen molar-refractivity contribution in [2.24, 2.45) is 5.92 Å². The second kappa shape index (κ2) is 8.57. The Labute approximate surface area is 171 Å². The van der Waals surface area contributed by atoms with E-state index in [1.54, 1.807) is 0 Å². The van der Waals surface area contributed by atoms with Crippen molar-refractivity contribution in [3.05, 3.63) is 60.7 Å². The number of rotatable bonds is 8. The van der Waals surface area contributed by atoms with Crippen LogP contribution in [0.5, 0.6) is 0 Å². The zero-order chi connectivity index (χ0) is 20.2. The van der Waals surface area contributed by atoms with Gasteiger partial charge in [-0.15, -0.1) is 0 Å². The van der Waals surface area contributed by atoms with Gasteiger partial charge in [0.1, 0.15) is 5.69 Å². The van der Waals surface area contributed by atoms with E-state index in [9.17, 15) is 4.79 Å². The molecule has 0 saturated heterocycles. The molecule has 0 spiro atoms. The first-order chi connectivity index (χ1) is 14.1. The quantitative estimate of drug-likeness (QED) is 0.642. The van der Waals surface area contributed by atoms with Gasteiger partial charge >= 0.3 is 0 Å². The Kier molecular flexibility index (Phi) is 5.71. The van der Waals surface area contributed by atoms with Gasteiger partial charge < -0.3 is 14.8 Å². The first kappa shape index (κ1) is 19.3. The highest BCUT2D eigenvalue weighted by atomic mass is 16.1. The van der Waals surface area contributed by atoms with E-state index in [2.05, 4.69) is 30.9 Å². The molecule has 29 heavy (non-hydrogen) atoms. The maximum Gasteiger partial charge on any atom is 0.267 e. The number of benzene rings is 1. The van der Waals surface area contributed by atoms with Crippen LogP contribution >= 0.6 is 0 Å². The highest BCUT2D eigenvalue weighted by Crippen LogP contribution is 2.32. The topological polar surface area (TPSA) is 63.1 Å². The predicted octanol–water partition coefficient (Wildman–Crippen LogP) is 3.31. The Morgan fingerprint density at radius 3 is 2.48 bits per heavy atom. The van der Waals surface area contributed by atoms with E-state index >= 15 is 0 Å². The molecule has 1 fully saturated rings. The molecule has 1 aliphatic rings. The first-order valence-electron chi connectivity index (χ1n) is 10.1. The number of likely N-dealkylation sites (N-methyl/N-ethyl adjacent to an activating group) is 1. The van der Waals surface area contributed by atoms with Crippen molar-refractivity contribution < 1.29 is 4.79 Å². The third-order valence-corrected chi connectivity index (χ3v) is 5.14. The van der Waals surface area contributed by atoms with Crippen LogP contribution in [0.3, 0.4) is 0 Å². The van der Waals surface area contributed by atoms with Crippen LogP contribution in [0, 0.1) is 5.92 Å². The lowest BCUT2D eigenvalue weighted by atomic mass is 10.1. The van der Waals surface area contributed by atoms with Gasteiger partial charge in [-0.1, -0.05) is 30.3 Å². The summed E-state index contributed by atoms with van der Waals surface area (Å²) >= 11 is 0. The van der Waals surface area contributed by atoms with E-state index in [0.717, 1.165) is 29.8 Å². The summed E-state index contributed by atoms with van der Waals surface area (Å²) in [7, 11) is 4.00. The number of carbonyl (C=O) groups excluding carboxylic acids is 1. The van der Waals surface area contributed by atoms with Gasteiger partial charge in [-0.2, -0.15) is 0 Å². The molecule has 1 amide bonds. The Morgan fingerprint density at radius 2 is 1.83 bits per heavy atom. The van der Waals surface area contributed by atoms with Gasteiger partial charge in [-0.25, -0.2) is 9.97 Å². The number of hydrogen-bond donors (Lipinski definition) is 1. The van der Waals surface area contributed by atoms with Crippen molar-refractivity contribution in [2.45, 2.75) is 19.4 Å². The highest BCUT2D eigenvalue weighted by molar-refractivity contribution is 5.94. The molecule has 0 aliphatic heterocycles. The summed E-state index contributed by atoms with van der Waals surface area (Å²) < 4.78 is 2.09. The van der Waals surface area contributed by atoms with Gasteiger partial charge in [0.05, 0.1) is 0 Å². The molecular formula is C23H27N5O. The van der Waals surface area contributed by atoms with E-state index < -0.39 is 0 Å². The number of hydrogen-bond acceptors (Lipinski definition) is 4. The lowest BCUT2D eigenvalue weighted by Crippen LogP contribution is -2.32. The molecule has 1 aliphatic carbocycles. The SMILES string of the molecule is CN(C)CCNC(=O)c1cc(-c2cnc(-c3ccccc3)nc2)cn1CC1CC1. The smallest absolute Gasteiger partial charge is 0.267 e. The van der Waals surface area contributed by atoms with Crippen LogP contribution in [-0.4, -0.2) is 52.5 Å². The number of aromatic nitrogens is 3. The molecular weight excluding hydrogens is 362 g/mol. The highest BCUT2D eigenvalue weighted by Gasteiger charge is 2.24. The van der Waals surface area contributed by atoms with Crippen LogP contribution in [0.2, 0.25) is 0 Å².